The zero-order valence-corrected chi connectivity index (χ0v) is 16.3. The highest BCUT2D eigenvalue weighted by Crippen LogP contribution is 2.14. The van der Waals surface area contributed by atoms with Gasteiger partial charge in [-0.15, -0.1) is 0 Å². The fourth-order valence-corrected chi connectivity index (χ4v) is 2.84. The Morgan fingerprint density at radius 2 is 0.917 bits per heavy atom. The fourth-order valence-electron chi connectivity index (χ4n) is 2.84. The van der Waals surface area contributed by atoms with E-state index in [1.807, 2.05) is 0 Å². The van der Waals surface area contributed by atoms with Crippen molar-refractivity contribution in [1.82, 2.24) is 0 Å². The molecule has 0 rings (SSSR count). The molecule has 0 saturated carbocycles. The summed E-state index contributed by atoms with van der Waals surface area (Å²) in [4.78, 5) is 23.7. The van der Waals surface area contributed by atoms with Gasteiger partial charge < -0.3 is 9.47 Å². The lowest BCUT2D eigenvalue weighted by atomic mass is 10.1. The van der Waals surface area contributed by atoms with Crippen molar-refractivity contribution in [2.45, 2.75) is 117 Å². The third-order valence-electron chi connectivity index (χ3n) is 4.05. The van der Waals surface area contributed by atoms with Crippen molar-refractivity contribution in [2.24, 2.45) is 0 Å². The molecule has 0 radical (unpaired) electrons. The van der Waals surface area contributed by atoms with Gasteiger partial charge in [-0.05, 0) is 38.5 Å². The first-order valence-electron chi connectivity index (χ1n) is 9.96. The van der Waals surface area contributed by atoms with Gasteiger partial charge in [0.1, 0.15) is 12.2 Å². The smallest absolute Gasteiger partial charge is 0.306 e. The lowest BCUT2D eigenvalue weighted by Gasteiger charge is -2.17. The standard InChI is InChI=1S/C20H38O4/c1-5-11-17(12-6-2)23-19(21)15-9-10-16-20(22)24-18(13-7-3)14-8-4/h17-18H,5-16H2,1-4H3. The Balaban J connectivity index is 3.89. The van der Waals surface area contributed by atoms with E-state index in [2.05, 4.69) is 27.7 Å². The molecule has 0 atom stereocenters. The van der Waals surface area contributed by atoms with Crippen LogP contribution in [0.3, 0.4) is 0 Å². The van der Waals surface area contributed by atoms with E-state index in [4.69, 9.17) is 9.47 Å². The Bertz CT molecular complexity index is 284. The molecule has 0 heterocycles. The van der Waals surface area contributed by atoms with Gasteiger partial charge in [-0.1, -0.05) is 53.4 Å². The van der Waals surface area contributed by atoms with E-state index < -0.39 is 0 Å². The largest absolute Gasteiger partial charge is 0.462 e. The average molecular weight is 343 g/mol. The highest BCUT2D eigenvalue weighted by atomic mass is 16.5. The molecule has 24 heavy (non-hydrogen) atoms. The van der Waals surface area contributed by atoms with Gasteiger partial charge in [0, 0.05) is 12.8 Å². The summed E-state index contributed by atoms with van der Waals surface area (Å²) in [6, 6.07) is 0. The molecule has 0 aromatic rings. The summed E-state index contributed by atoms with van der Waals surface area (Å²) in [5.74, 6) is -0.268. The Hall–Kier alpha value is -1.06. The van der Waals surface area contributed by atoms with Gasteiger partial charge in [-0.2, -0.15) is 0 Å². The Kier molecular flexibility index (Phi) is 14.8. The van der Waals surface area contributed by atoms with Crippen molar-refractivity contribution in [3.05, 3.63) is 0 Å². The number of ether oxygens (including phenoxy) is 2. The molecular weight excluding hydrogens is 304 g/mol. The third-order valence-corrected chi connectivity index (χ3v) is 4.05. The Labute approximate surface area is 148 Å². The maximum Gasteiger partial charge on any atom is 0.306 e. The molecule has 0 N–H and O–H groups in total. The minimum Gasteiger partial charge on any atom is -0.462 e. The summed E-state index contributed by atoms with van der Waals surface area (Å²) in [7, 11) is 0. The van der Waals surface area contributed by atoms with Crippen LogP contribution in [0.15, 0.2) is 0 Å². The molecule has 0 amide bonds. The number of esters is 2. The van der Waals surface area contributed by atoms with Gasteiger partial charge in [0.15, 0.2) is 0 Å². The van der Waals surface area contributed by atoms with E-state index in [0.717, 1.165) is 51.4 Å². The molecule has 0 bridgehead atoms. The molecule has 0 saturated heterocycles. The van der Waals surface area contributed by atoms with E-state index in [-0.39, 0.29) is 24.1 Å². The predicted molar refractivity (Wildman–Crippen MR) is 97.9 cm³/mol. The van der Waals surface area contributed by atoms with Crippen LogP contribution in [0.2, 0.25) is 0 Å². The summed E-state index contributed by atoms with van der Waals surface area (Å²) in [5, 5.41) is 0. The molecule has 0 aliphatic heterocycles. The van der Waals surface area contributed by atoms with E-state index in [9.17, 15) is 9.59 Å². The van der Waals surface area contributed by atoms with Gasteiger partial charge in [0.25, 0.3) is 0 Å². The van der Waals surface area contributed by atoms with Crippen molar-refractivity contribution in [1.29, 1.82) is 0 Å². The van der Waals surface area contributed by atoms with Gasteiger partial charge in [-0.25, -0.2) is 0 Å². The molecule has 0 aliphatic rings. The monoisotopic (exact) mass is 342 g/mol. The highest BCUT2D eigenvalue weighted by Gasteiger charge is 2.14. The first-order valence-corrected chi connectivity index (χ1v) is 9.96. The number of hydrogen-bond acceptors (Lipinski definition) is 4. The van der Waals surface area contributed by atoms with E-state index in [1.165, 1.54) is 0 Å². The minimum atomic E-state index is -0.134. The molecule has 4 nitrogen and oxygen atoms in total. The van der Waals surface area contributed by atoms with Crippen LogP contribution in [-0.2, 0) is 19.1 Å². The van der Waals surface area contributed by atoms with Crippen LogP contribution in [0.5, 0.6) is 0 Å². The van der Waals surface area contributed by atoms with Gasteiger partial charge in [0.05, 0.1) is 0 Å². The second-order valence-electron chi connectivity index (χ2n) is 6.59. The normalized spacial score (nSPS) is 11.1. The van der Waals surface area contributed by atoms with Crippen LogP contribution >= 0.6 is 0 Å². The Morgan fingerprint density at radius 3 is 1.17 bits per heavy atom. The quantitative estimate of drug-likeness (QED) is 0.288. The summed E-state index contributed by atoms with van der Waals surface area (Å²) < 4.78 is 11.0. The molecular formula is C20H38O4. The maximum atomic E-state index is 11.9. The van der Waals surface area contributed by atoms with Crippen molar-refractivity contribution in [2.75, 3.05) is 0 Å². The molecule has 0 fully saturated rings. The topological polar surface area (TPSA) is 52.6 Å². The summed E-state index contributed by atoms with van der Waals surface area (Å²) in [6.45, 7) is 8.41. The summed E-state index contributed by atoms with van der Waals surface area (Å²) >= 11 is 0. The van der Waals surface area contributed by atoms with E-state index in [0.29, 0.717) is 25.7 Å². The van der Waals surface area contributed by atoms with Gasteiger partial charge >= 0.3 is 11.9 Å². The Morgan fingerprint density at radius 1 is 0.625 bits per heavy atom. The van der Waals surface area contributed by atoms with Gasteiger partial charge in [-0.3, -0.25) is 9.59 Å². The molecule has 0 unspecified atom stereocenters. The fraction of sp³-hybridized carbons (Fsp3) is 0.900. The second kappa shape index (κ2) is 15.5. The zero-order chi connectivity index (χ0) is 18.2. The average Bonchev–Trinajstić information content (AvgIpc) is 2.52. The van der Waals surface area contributed by atoms with Crippen molar-refractivity contribution < 1.29 is 19.1 Å². The number of unbranched alkanes of at least 4 members (excludes halogenated alkanes) is 1. The number of carbonyl (C=O) groups excluding carboxylic acids is 2. The summed E-state index contributed by atoms with van der Waals surface area (Å²) in [6.07, 6.45) is 10.1. The SMILES string of the molecule is CCCC(CCC)OC(=O)CCCCC(=O)OC(CCC)CCC. The second-order valence-corrected chi connectivity index (χ2v) is 6.59. The third kappa shape index (κ3) is 12.4. The molecule has 4 heteroatoms. The highest BCUT2D eigenvalue weighted by molar-refractivity contribution is 5.70. The first kappa shape index (κ1) is 22.9. The van der Waals surface area contributed by atoms with Crippen LogP contribution in [0.25, 0.3) is 0 Å². The first-order chi connectivity index (χ1) is 11.6. The summed E-state index contributed by atoms with van der Waals surface area (Å²) in [5.41, 5.74) is 0. The lowest BCUT2D eigenvalue weighted by Crippen LogP contribution is -2.19. The molecule has 0 spiro atoms. The van der Waals surface area contributed by atoms with Crippen molar-refractivity contribution in [3.63, 3.8) is 0 Å². The molecule has 142 valence electrons. The molecule has 0 aromatic carbocycles. The maximum absolute atomic E-state index is 11.9. The number of rotatable bonds is 15. The minimum absolute atomic E-state index is 0.0568. The van der Waals surface area contributed by atoms with Gasteiger partial charge in [0.2, 0.25) is 0 Å². The number of carbonyl (C=O) groups is 2. The van der Waals surface area contributed by atoms with Crippen LogP contribution in [0.4, 0.5) is 0 Å². The predicted octanol–water partition coefficient (Wildman–Crippen LogP) is 5.57. The van der Waals surface area contributed by atoms with E-state index in [1.54, 1.807) is 0 Å². The van der Waals surface area contributed by atoms with Crippen LogP contribution in [0, 0.1) is 0 Å². The molecule has 0 aliphatic carbocycles. The van der Waals surface area contributed by atoms with Crippen molar-refractivity contribution >= 4 is 11.9 Å². The van der Waals surface area contributed by atoms with Crippen LogP contribution in [-0.4, -0.2) is 24.1 Å². The van der Waals surface area contributed by atoms with Crippen LogP contribution in [0.1, 0.15) is 105 Å². The van der Waals surface area contributed by atoms with Crippen molar-refractivity contribution in [3.8, 4) is 0 Å². The van der Waals surface area contributed by atoms with E-state index >= 15 is 0 Å². The zero-order valence-electron chi connectivity index (χ0n) is 16.3. The lowest BCUT2D eigenvalue weighted by molar-refractivity contribution is -0.152. The van der Waals surface area contributed by atoms with Crippen LogP contribution < -0.4 is 0 Å². The molecule has 0 aromatic heterocycles. The number of hydrogen-bond donors (Lipinski definition) is 0.